The molecule has 0 saturated heterocycles. The summed E-state index contributed by atoms with van der Waals surface area (Å²) in [5.41, 5.74) is 0.964. The van der Waals surface area contributed by atoms with E-state index < -0.39 is 22.7 Å². The lowest BCUT2D eigenvalue weighted by Crippen LogP contribution is -2.30. The lowest BCUT2D eigenvalue weighted by Gasteiger charge is -2.12. The SMILES string of the molecule is CCOC(=O)c1ccc(NC(=O)/C(=C/c2cccc([N+](=O)[O-])c2)NC(=O)c2ccc(OC)cc2)cc1. The van der Waals surface area contributed by atoms with Crippen LogP contribution in [0, 0.1) is 10.1 Å². The van der Waals surface area contributed by atoms with Gasteiger partial charge in [-0.05, 0) is 67.1 Å². The Bertz CT molecular complexity index is 1300. The Balaban J connectivity index is 1.87. The average Bonchev–Trinajstić information content (AvgIpc) is 2.89. The molecule has 3 aromatic rings. The lowest BCUT2D eigenvalue weighted by molar-refractivity contribution is -0.384. The number of rotatable bonds is 9. The molecule has 2 N–H and O–H groups in total. The highest BCUT2D eigenvalue weighted by Crippen LogP contribution is 2.18. The molecular weight excluding hydrogens is 466 g/mol. The van der Waals surface area contributed by atoms with Crippen molar-refractivity contribution >= 4 is 35.2 Å². The fourth-order valence-electron chi connectivity index (χ4n) is 3.09. The number of esters is 1. The molecule has 0 aliphatic carbocycles. The number of nitro groups is 1. The third kappa shape index (κ3) is 6.76. The molecule has 0 heterocycles. The van der Waals surface area contributed by atoms with E-state index in [1.165, 1.54) is 67.8 Å². The number of carbonyl (C=O) groups excluding carboxylic acids is 3. The van der Waals surface area contributed by atoms with Crippen LogP contribution in [0.3, 0.4) is 0 Å². The van der Waals surface area contributed by atoms with Gasteiger partial charge in [0.25, 0.3) is 17.5 Å². The van der Waals surface area contributed by atoms with E-state index in [9.17, 15) is 24.5 Å². The minimum atomic E-state index is -0.674. The predicted molar refractivity (Wildman–Crippen MR) is 133 cm³/mol. The molecule has 0 unspecified atom stereocenters. The Kier molecular flexibility index (Phi) is 8.49. The lowest BCUT2D eigenvalue weighted by atomic mass is 10.1. The van der Waals surface area contributed by atoms with Gasteiger partial charge in [-0.1, -0.05) is 12.1 Å². The summed E-state index contributed by atoms with van der Waals surface area (Å²) in [4.78, 5) is 48.3. The molecule has 10 heteroatoms. The summed E-state index contributed by atoms with van der Waals surface area (Å²) in [6.45, 7) is 1.93. The number of anilines is 1. The van der Waals surface area contributed by atoms with E-state index in [2.05, 4.69) is 10.6 Å². The number of carbonyl (C=O) groups is 3. The largest absolute Gasteiger partial charge is 0.497 e. The maximum Gasteiger partial charge on any atom is 0.338 e. The third-order valence-electron chi connectivity index (χ3n) is 4.89. The van der Waals surface area contributed by atoms with Crippen molar-refractivity contribution in [2.75, 3.05) is 19.0 Å². The zero-order valence-corrected chi connectivity index (χ0v) is 19.5. The molecule has 3 rings (SSSR count). The second kappa shape index (κ2) is 11.9. The molecule has 0 aromatic heterocycles. The first-order valence-corrected chi connectivity index (χ1v) is 10.8. The summed E-state index contributed by atoms with van der Waals surface area (Å²) in [7, 11) is 1.50. The Morgan fingerprint density at radius 1 is 0.972 bits per heavy atom. The van der Waals surface area contributed by atoms with Crippen LogP contribution in [-0.4, -0.2) is 36.4 Å². The summed E-state index contributed by atoms with van der Waals surface area (Å²) < 4.78 is 10.0. The maximum absolute atomic E-state index is 13.1. The van der Waals surface area contributed by atoms with E-state index in [0.29, 0.717) is 22.6 Å². The number of hydrogen-bond acceptors (Lipinski definition) is 7. The van der Waals surface area contributed by atoms with E-state index in [0.717, 1.165) is 0 Å². The zero-order valence-electron chi connectivity index (χ0n) is 19.5. The van der Waals surface area contributed by atoms with Gasteiger partial charge in [0.15, 0.2) is 0 Å². The highest BCUT2D eigenvalue weighted by atomic mass is 16.6. The van der Waals surface area contributed by atoms with Gasteiger partial charge in [-0.3, -0.25) is 19.7 Å². The van der Waals surface area contributed by atoms with Crippen LogP contribution in [0.1, 0.15) is 33.2 Å². The highest BCUT2D eigenvalue weighted by Gasteiger charge is 2.17. The van der Waals surface area contributed by atoms with Gasteiger partial charge in [-0.2, -0.15) is 0 Å². The molecule has 36 heavy (non-hydrogen) atoms. The minimum Gasteiger partial charge on any atom is -0.497 e. The minimum absolute atomic E-state index is 0.147. The van der Waals surface area contributed by atoms with E-state index in [1.807, 2.05) is 0 Å². The molecule has 0 radical (unpaired) electrons. The summed E-state index contributed by atoms with van der Waals surface area (Å²) in [6, 6.07) is 17.9. The number of hydrogen-bond donors (Lipinski definition) is 2. The fraction of sp³-hybridized carbons (Fsp3) is 0.115. The first kappa shape index (κ1) is 25.6. The summed E-state index contributed by atoms with van der Waals surface area (Å²) >= 11 is 0. The highest BCUT2D eigenvalue weighted by molar-refractivity contribution is 6.10. The number of amides is 2. The third-order valence-corrected chi connectivity index (χ3v) is 4.89. The molecule has 0 atom stereocenters. The summed E-state index contributed by atoms with van der Waals surface area (Å²) in [6.07, 6.45) is 1.33. The van der Waals surface area contributed by atoms with Gasteiger partial charge >= 0.3 is 5.97 Å². The molecule has 184 valence electrons. The Morgan fingerprint density at radius 3 is 2.25 bits per heavy atom. The van der Waals surface area contributed by atoms with Crippen molar-refractivity contribution in [3.8, 4) is 5.75 Å². The second-order valence-electron chi connectivity index (χ2n) is 7.34. The van der Waals surface area contributed by atoms with Gasteiger partial charge in [0.1, 0.15) is 11.4 Å². The summed E-state index contributed by atoms with van der Waals surface area (Å²) in [5.74, 6) is -1.18. The van der Waals surface area contributed by atoms with Crippen LogP contribution in [0.15, 0.2) is 78.5 Å². The van der Waals surface area contributed by atoms with Crippen molar-refractivity contribution in [2.24, 2.45) is 0 Å². The fourth-order valence-corrected chi connectivity index (χ4v) is 3.09. The van der Waals surface area contributed by atoms with Gasteiger partial charge < -0.3 is 20.1 Å². The number of nitrogens with one attached hydrogen (secondary N) is 2. The first-order chi connectivity index (χ1) is 17.3. The van der Waals surface area contributed by atoms with Crippen molar-refractivity contribution < 1.29 is 28.8 Å². The van der Waals surface area contributed by atoms with Crippen LogP contribution < -0.4 is 15.4 Å². The average molecular weight is 489 g/mol. The normalized spacial score (nSPS) is 10.8. The Labute approximate surface area is 206 Å². The van der Waals surface area contributed by atoms with Crippen molar-refractivity contribution in [1.82, 2.24) is 5.32 Å². The standard InChI is InChI=1S/C26H23N3O7/c1-3-36-26(32)19-7-11-20(12-8-19)27-25(31)23(16-17-5-4-6-21(15-17)29(33)34)28-24(30)18-9-13-22(35-2)14-10-18/h4-16H,3H2,1-2H3,(H,27,31)(H,28,30)/b23-16-. The molecule has 0 bridgehead atoms. The molecule has 2 amide bonds. The van der Waals surface area contributed by atoms with Gasteiger partial charge in [-0.15, -0.1) is 0 Å². The van der Waals surface area contributed by atoms with Crippen LogP contribution in [0.2, 0.25) is 0 Å². The topological polar surface area (TPSA) is 137 Å². The van der Waals surface area contributed by atoms with Crippen molar-refractivity contribution in [3.63, 3.8) is 0 Å². The number of non-ortho nitro benzene ring substituents is 1. The van der Waals surface area contributed by atoms with Crippen LogP contribution in [0.25, 0.3) is 6.08 Å². The van der Waals surface area contributed by atoms with Gasteiger partial charge in [0, 0.05) is 23.4 Å². The van der Waals surface area contributed by atoms with Crippen molar-refractivity contribution in [1.29, 1.82) is 0 Å². The van der Waals surface area contributed by atoms with Crippen molar-refractivity contribution in [2.45, 2.75) is 6.92 Å². The van der Waals surface area contributed by atoms with E-state index in [1.54, 1.807) is 25.1 Å². The molecule has 0 aliphatic heterocycles. The van der Waals surface area contributed by atoms with Crippen LogP contribution in [0.4, 0.5) is 11.4 Å². The first-order valence-electron chi connectivity index (χ1n) is 10.8. The number of nitrogens with zero attached hydrogens (tertiary/aromatic N) is 1. The number of ether oxygens (including phenoxy) is 2. The molecular formula is C26H23N3O7. The Hall–Kier alpha value is -4.99. The molecule has 0 saturated carbocycles. The van der Waals surface area contributed by atoms with E-state index in [-0.39, 0.29) is 23.6 Å². The molecule has 0 aliphatic rings. The summed E-state index contributed by atoms with van der Waals surface area (Å²) in [5, 5.41) is 16.3. The molecule has 0 spiro atoms. The van der Waals surface area contributed by atoms with Crippen LogP contribution in [-0.2, 0) is 9.53 Å². The number of benzene rings is 3. The molecule has 0 fully saturated rings. The van der Waals surface area contributed by atoms with Crippen molar-refractivity contribution in [3.05, 3.63) is 105 Å². The van der Waals surface area contributed by atoms with Gasteiger partial charge in [0.05, 0.1) is 24.2 Å². The van der Waals surface area contributed by atoms with Crippen LogP contribution in [0.5, 0.6) is 5.75 Å². The monoisotopic (exact) mass is 489 g/mol. The van der Waals surface area contributed by atoms with Gasteiger partial charge in [0.2, 0.25) is 0 Å². The number of nitro benzene ring substituents is 1. The predicted octanol–water partition coefficient (Wildman–Crippen LogP) is 4.19. The molecule has 10 nitrogen and oxygen atoms in total. The quantitative estimate of drug-likeness (QED) is 0.199. The maximum atomic E-state index is 13.1. The van der Waals surface area contributed by atoms with E-state index >= 15 is 0 Å². The number of methoxy groups -OCH3 is 1. The van der Waals surface area contributed by atoms with E-state index in [4.69, 9.17) is 9.47 Å². The smallest absolute Gasteiger partial charge is 0.338 e. The Morgan fingerprint density at radius 2 is 1.64 bits per heavy atom. The van der Waals surface area contributed by atoms with Crippen LogP contribution >= 0.6 is 0 Å². The molecule has 3 aromatic carbocycles. The second-order valence-corrected chi connectivity index (χ2v) is 7.34. The van der Waals surface area contributed by atoms with Gasteiger partial charge in [-0.25, -0.2) is 4.79 Å². The zero-order chi connectivity index (χ0) is 26.1.